The van der Waals surface area contributed by atoms with Crippen LogP contribution in [-0.4, -0.2) is 21.3 Å². The molecular formula is C11H13BrN4S. The summed E-state index contributed by atoms with van der Waals surface area (Å²) in [6.07, 6.45) is 2.42. The van der Waals surface area contributed by atoms with Gasteiger partial charge in [-0.25, -0.2) is 9.67 Å². The van der Waals surface area contributed by atoms with E-state index in [9.17, 15) is 0 Å². The van der Waals surface area contributed by atoms with Crippen molar-refractivity contribution in [1.82, 2.24) is 14.8 Å². The smallest absolute Gasteiger partial charge is 0.190 e. The van der Waals surface area contributed by atoms with Gasteiger partial charge in [-0.15, -0.1) is 0 Å². The summed E-state index contributed by atoms with van der Waals surface area (Å²) in [6.45, 7) is 0.642. The first-order valence-electron chi connectivity index (χ1n) is 5.21. The molecule has 1 aromatic carbocycles. The van der Waals surface area contributed by atoms with Crippen molar-refractivity contribution in [3.05, 3.63) is 34.6 Å². The molecule has 90 valence electrons. The zero-order valence-electron chi connectivity index (χ0n) is 9.43. The molecule has 0 fully saturated rings. The summed E-state index contributed by atoms with van der Waals surface area (Å²) in [5, 5.41) is 4.94. The number of aryl methyl sites for hydroxylation is 1. The van der Waals surface area contributed by atoms with Crippen LogP contribution in [0.2, 0.25) is 0 Å². The lowest BCUT2D eigenvalue weighted by Gasteiger charge is -2.08. The predicted molar refractivity (Wildman–Crippen MR) is 72.0 cm³/mol. The summed E-state index contributed by atoms with van der Waals surface area (Å²) in [5.74, 6) is 0. The zero-order chi connectivity index (χ0) is 12.3. The number of hydrogen-bond acceptors (Lipinski definition) is 4. The molecule has 1 aromatic heterocycles. The lowest BCUT2D eigenvalue weighted by molar-refractivity contribution is 0.685. The molecule has 4 nitrogen and oxygen atoms in total. The van der Waals surface area contributed by atoms with Crippen molar-refractivity contribution in [1.29, 1.82) is 0 Å². The molecule has 2 rings (SSSR count). The highest BCUT2D eigenvalue weighted by molar-refractivity contribution is 9.10. The molecular weight excluding hydrogens is 300 g/mol. The summed E-state index contributed by atoms with van der Waals surface area (Å²) in [5.41, 5.74) is 6.86. The predicted octanol–water partition coefficient (Wildman–Crippen LogP) is 2.23. The monoisotopic (exact) mass is 312 g/mol. The van der Waals surface area contributed by atoms with Gasteiger partial charge in [0.1, 0.15) is 6.33 Å². The molecule has 1 heterocycles. The number of nitrogens with zero attached hydrogens (tertiary/aromatic N) is 3. The van der Waals surface area contributed by atoms with E-state index in [4.69, 9.17) is 5.73 Å². The summed E-state index contributed by atoms with van der Waals surface area (Å²) < 4.78 is 2.84. The lowest BCUT2D eigenvalue weighted by Crippen LogP contribution is -2.04. The second-order valence-electron chi connectivity index (χ2n) is 3.56. The highest BCUT2D eigenvalue weighted by atomic mass is 79.9. The zero-order valence-corrected chi connectivity index (χ0v) is 11.8. The van der Waals surface area contributed by atoms with Crippen molar-refractivity contribution >= 4 is 27.7 Å². The first kappa shape index (κ1) is 12.6. The Morgan fingerprint density at radius 1 is 1.47 bits per heavy atom. The number of rotatable bonds is 4. The maximum atomic E-state index is 5.63. The number of halogens is 1. The summed E-state index contributed by atoms with van der Waals surface area (Å²) >= 11 is 5.08. The van der Waals surface area contributed by atoms with Crippen LogP contribution in [-0.2, 0) is 13.5 Å². The van der Waals surface area contributed by atoms with Gasteiger partial charge >= 0.3 is 0 Å². The van der Waals surface area contributed by atoms with Crippen LogP contribution in [0.15, 0.2) is 39.1 Å². The van der Waals surface area contributed by atoms with E-state index in [0.29, 0.717) is 6.54 Å². The SMILES string of the molecule is Cn1ncnc1Sc1ccc(Br)cc1CCN. The third-order valence-corrected chi connectivity index (χ3v) is 3.97. The van der Waals surface area contributed by atoms with Crippen molar-refractivity contribution in [2.24, 2.45) is 12.8 Å². The molecule has 2 aromatic rings. The van der Waals surface area contributed by atoms with Gasteiger partial charge in [0, 0.05) is 16.4 Å². The van der Waals surface area contributed by atoms with Crippen molar-refractivity contribution < 1.29 is 0 Å². The molecule has 0 unspecified atom stereocenters. The summed E-state index contributed by atoms with van der Waals surface area (Å²) in [4.78, 5) is 5.38. The van der Waals surface area contributed by atoms with Crippen LogP contribution in [0.5, 0.6) is 0 Å². The van der Waals surface area contributed by atoms with Crippen LogP contribution in [0, 0.1) is 0 Å². The van der Waals surface area contributed by atoms with Gasteiger partial charge in [0.25, 0.3) is 0 Å². The number of hydrogen-bond donors (Lipinski definition) is 1. The van der Waals surface area contributed by atoms with Crippen molar-refractivity contribution in [3.8, 4) is 0 Å². The third kappa shape index (κ3) is 3.08. The van der Waals surface area contributed by atoms with Gasteiger partial charge in [-0.05, 0) is 48.5 Å². The minimum absolute atomic E-state index is 0.642. The normalized spacial score (nSPS) is 10.8. The maximum absolute atomic E-state index is 5.63. The average Bonchev–Trinajstić information content (AvgIpc) is 2.69. The number of nitrogens with two attached hydrogens (primary N) is 1. The third-order valence-electron chi connectivity index (χ3n) is 2.31. The molecule has 0 amide bonds. The molecule has 0 bridgehead atoms. The van der Waals surface area contributed by atoms with Crippen molar-refractivity contribution in [2.45, 2.75) is 16.5 Å². The number of aromatic nitrogens is 3. The van der Waals surface area contributed by atoms with Crippen LogP contribution in [0.1, 0.15) is 5.56 Å². The molecule has 0 atom stereocenters. The van der Waals surface area contributed by atoms with Crippen molar-refractivity contribution in [3.63, 3.8) is 0 Å². The minimum Gasteiger partial charge on any atom is -0.330 e. The van der Waals surface area contributed by atoms with E-state index in [2.05, 4.69) is 38.1 Å². The Balaban J connectivity index is 2.29. The second-order valence-corrected chi connectivity index (χ2v) is 5.48. The van der Waals surface area contributed by atoms with Crippen LogP contribution < -0.4 is 5.73 Å². The second kappa shape index (κ2) is 5.66. The van der Waals surface area contributed by atoms with Crippen LogP contribution in [0.4, 0.5) is 0 Å². The molecule has 0 saturated heterocycles. The van der Waals surface area contributed by atoms with Crippen LogP contribution in [0.3, 0.4) is 0 Å². The van der Waals surface area contributed by atoms with Gasteiger partial charge in [-0.1, -0.05) is 15.9 Å². The molecule has 0 aliphatic rings. The lowest BCUT2D eigenvalue weighted by atomic mass is 10.1. The Kier molecular flexibility index (Phi) is 4.20. The largest absolute Gasteiger partial charge is 0.330 e. The fourth-order valence-electron chi connectivity index (χ4n) is 1.47. The van der Waals surface area contributed by atoms with Crippen molar-refractivity contribution in [2.75, 3.05) is 6.54 Å². The Labute approximate surface area is 113 Å². The quantitative estimate of drug-likeness (QED) is 0.940. The van der Waals surface area contributed by atoms with Gasteiger partial charge in [-0.3, -0.25) is 0 Å². The standard InChI is InChI=1S/C11H13BrN4S/c1-16-11(14-7-15-16)17-10-3-2-9(12)6-8(10)4-5-13/h2-3,6-7H,4-5,13H2,1H3. The molecule has 0 aliphatic heterocycles. The summed E-state index contributed by atoms with van der Waals surface area (Å²) in [7, 11) is 1.89. The van der Waals surface area contributed by atoms with Crippen LogP contribution in [0.25, 0.3) is 0 Å². The maximum Gasteiger partial charge on any atom is 0.190 e. The fraction of sp³-hybridized carbons (Fsp3) is 0.273. The van der Waals surface area contributed by atoms with E-state index in [0.717, 1.165) is 16.0 Å². The van der Waals surface area contributed by atoms with Gasteiger partial charge in [0.05, 0.1) is 0 Å². The molecule has 2 N–H and O–H groups in total. The first-order chi connectivity index (χ1) is 8.20. The summed E-state index contributed by atoms with van der Waals surface area (Å²) in [6, 6.07) is 6.21. The Hall–Kier alpha value is -0.850. The molecule has 6 heteroatoms. The highest BCUT2D eigenvalue weighted by Crippen LogP contribution is 2.30. The van der Waals surface area contributed by atoms with E-state index < -0.39 is 0 Å². The Morgan fingerprint density at radius 2 is 2.29 bits per heavy atom. The average molecular weight is 313 g/mol. The molecule has 0 radical (unpaired) electrons. The van der Waals surface area contributed by atoms with Crippen LogP contribution >= 0.6 is 27.7 Å². The van der Waals surface area contributed by atoms with E-state index in [-0.39, 0.29) is 0 Å². The molecule has 0 saturated carbocycles. The van der Waals surface area contributed by atoms with E-state index in [1.165, 1.54) is 10.5 Å². The topological polar surface area (TPSA) is 56.7 Å². The van der Waals surface area contributed by atoms with Gasteiger partial charge in [-0.2, -0.15) is 5.10 Å². The Morgan fingerprint density at radius 3 is 2.94 bits per heavy atom. The van der Waals surface area contributed by atoms with Gasteiger partial charge < -0.3 is 5.73 Å². The van der Waals surface area contributed by atoms with E-state index in [1.807, 2.05) is 13.1 Å². The minimum atomic E-state index is 0.642. The van der Waals surface area contributed by atoms with Gasteiger partial charge in [0.15, 0.2) is 5.16 Å². The first-order valence-corrected chi connectivity index (χ1v) is 6.82. The number of benzene rings is 1. The Bertz CT molecular complexity index is 512. The van der Waals surface area contributed by atoms with E-state index in [1.54, 1.807) is 22.8 Å². The molecule has 17 heavy (non-hydrogen) atoms. The fourth-order valence-corrected chi connectivity index (χ4v) is 2.79. The molecule has 0 spiro atoms. The van der Waals surface area contributed by atoms with Gasteiger partial charge in [0.2, 0.25) is 0 Å². The molecule has 0 aliphatic carbocycles. The highest BCUT2D eigenvalue weighted by Gasteiger charge is 2.08. The van der Waals surface area contributed by atoms with E-state index >= 15 is 0 Å².